The molecule has 166 valence electrons. The topological polar surface area (TPSA) is 77.1 Å². The quantitative estimate of drug-likeness (QED) is 0.637. The number of nitrogens with zero attached hydrogens (tertiary/aromatic N) is 2. The Balaban J connectivity index is 1.12. The summed E-state index contributed by atoms with van der Waals surface area (Å²) in [6.45, 7) is 5.52. The Kier molecular flexibility index (Phi) is 7.47. The highest BCUT2D eigenvalue weighted by Crippen LogP contribution is 2.31. The van der Waals surface area contributed by atoms with Crippen LogP contribution in [0.2, 0.25) is 0 Å². The fraction of sp³-hybridized carbons (Fsp3) is 0.696. The van der Waals surface area contributed by atoms with E-state index in [1.807, 2.05) is 24.3 Å². The molecule has 7 nitrogen and oxygen atoms in total. The van der Waals surface area contributed by atoms with Gasteiger partial charge in [-0.3, -0.25) is 4.90 Å². The Morgan fingerprint density at radius 3 is 2.57 bits per heavy atom. The van der Waals surface area contributed by atoms with Crippen LogP contribution in [-0.4, -0.2) is 78.5 Å². The summed E-state index contributed by atoms with van der Waals surface area (Å²) in [5.74, 6) is 0.867. The molecule has 0 radical (unpaired) electrons. The molecule has 1 aromatic carbocycles. The lowest BCUT2D eigenvalue weighted by Crippen LogP contribution is -2.50. The molecule has 1 aliphatic carbocycles. The van der Waals surface area contributed by atoms with Crippen molar-refractivity contribution >= 4 is 11.7 Å². The van der Waals surface area contributed by atoms with Crippen molar-refractivity contribution in [2.24, 2.45) is 0 Å². The maximum atomic E-state index is 12.1. The second-order valence-corrected chi connectivity index (χ2v) is 8.96. The first-order valence-electron chi connectivity index (χ1n) is 11.6. The summed E-state index contributed by atoms with van der Waals surface area (Å²) in [4.78, 5) is 16.9. The van der Waals surface area contributed by atoms with Gasteiger partial charge in [0.05, 0.1) is 6.10 Å². The van der Waals surface area contributed by atoms with Gasteiger partial charge in [-0.25, -0.2) is 4.79 Å². The molecule has 1 saturated carbocycles. The third-order valence-corrected chi connectivity index (χ3v) is 6.59. The zero-order valence-corrected chi connectivity index (χ0v) is 17.9. The summed E-state index contributed by atoms with van der Waals surface area (Å²) in [5.41, 5.74) is 0.757. The van der Waals surface area contributed by atoms with Gasteiger partial charge in [-0.1, -0.05) is 6.42 Å². The first-order valence-corrected chi connectivity index (χ1v) is 11.6. The Hall–Kier alpha value is -1.83. The van der Waals surface area contributed by atoms with Gasteiger partial charge in [0.15, 0.2) is 0 Å². The third kappa shape index (κ3) is 6.09. The van der Waals surface area contributed by atoms with Crippen molar-refractivity contribution in [3.63, 3.8) is 0 Å². The lowest BCUT2D eigenvalue weighted by Gasteiger charge is -2.44. The molecule has 2 aliphatic heterocycles. The average molecular weight is 417 g/mol. The highest BCUT2D eigenvalue weighted by molar-refractivity contribution is 5.89. The minimum Gasteiger partial charge on any atom is -0.490 e. The molecule has 30 heavy (non-hydrogen) atoms. The van der Waals surface area contributed by atoms with Crippen molar-refractivity contribution in [1.29, 1.82) is 0 Å². The van der Waals surface area contributed by atoms with E-state index in [-0.39, 0.29) is 12.1 Å². The molecule has 1 atom stereocenters. The van der Waals surface area contributed by atoms with Crippen LogP contribution in [0.1, 0.15) is 44.9 Å². The number of anilines is 1. The number of ether oxygens (including phenoxy) is 1. The normalized spacial score (nSPS) is 27.8. The zero-order chi connectivity index (χ0) is 20.8. The first kappa shape index (κ1) is 21.4. The van der Waals surface area contributed by atoms with Gasteiger partial charge in [0.1, 0.15) is 11.9 Å². The first-order chi connectivity index (χ1) is 14.7. The van der Waals surface area contributed by atoms with Crippen molar-refractivity contribution in [3.8, 4) is 5.75 Å². The van der Waals surface area contributed by atoms with Crippen LogP contribution in [0.5, 0.6) is 5.75 Å². The summed E-state index contributed by atoms with van der Waals surface area (Å²) < 4.78 is 6.09. The van der Waals surface area contributed by atoms with E-state index >= 15 is 0 Å². The molecular formula is C23H36N4O3. The monoisotopic (exact) mass is 416 g/mol. The minimum absolute atomic E-state index is 0.204. The molecule has 1 aromatic rings. The lowest BCUT2D eigenvalue weighted by molar-refractivity contribution is 0.00893. The van der Waals surface area contributed by atoms with E-state index in [2.05, 4.69) is 20.4 Å². The SMILES string of the molecule is O=C(NCCN1CCCC(O)C1)Nc1ccc(OC2CC(N3CCCCC3)C2)cc1. The summed E-state index contributed by atoms with van der Waals surface area (Å²) in [5, 5.41) is 15.5. The number of likely N-dealkylation sites (tertiary alicyclic amines) is 2. The molecule has 3 N–H and O–H groups in total. The van der Waals surface area contributed by atoms with Crippen molar-refractivity contribution in [3.05, 3.63) is 24.3 Å². The molecule has 0 aromatic heterocycles. The van der Waals surface area contributed by atoms with Crippen LogP contribution in [0.25, 0.3) is 0 Å². The van der Waals surface area contributed by atoms with E-state index in [1.54, 1.807) is 0 Å². The maximum Gasteiger partial charge on any atom is 0.319 e. The molecule has 7 heteroatoms. The van der Waals surface area contributed by atoms with E-state index in [0.717, 1.165) is 50.2 Å². The van der Waals surface area contributed by atoms with E-state index in [1.165, 1.54) is 32.4 Å². The summed E-state index contributed by atoms with van der Waals surface area (Å²) in [7, 11) is 0. The van der Waals surface area contributed by atoms with Crippen LogP contribution in [0, 0.1) is 0 Å². The number of benzene rings is 1. The molecule has 0 bridgehead atoms. The van der Waals surface area contributed by atoms with Gasteiger partial charge in [0.25, 0.3) is 0 Å². The molecule has 1 unspecified atom stereocenters. The number of carbonyl (C=O) groups is 1. The number of piperidine rings is 2. The molecule has 3 aliphatic rings. The molecule has 0 spiro atoms. The molecule has 2 saturated heterocycles. The Bertz CT molecular complexity index is 672. The number of urea groups is 1. The van der Waals surface area contributed by atoms with Gasteiger partial charge in [-0.05, 0) is 69.6 Å². The number of amides is 2. The summed E-state index contributed by atoms with van der Waals surface area (Å²) in [6, 6.07) is 8.13. The molecular weight excluding hydrogens is 380 g/mol. The fourth-order valence-corrected chi connectivity index (χ4v) is 4.76. The second kappa shape index (κ2) is 10.5. The van der Waals surface area contributed by atoms with Gasteiger partial charge in [-0.2, -0.15) is 0 Å². The van der Waals surface area contributed by atoms with Gasteiger partial charge in [0.2, 0.25) is 0 Å². The molecule has 4 rings (SSSR count). The van der Waals surface area contributed by atoms with Crippen molar-refractivity contribution < 1.29 is 14.6 Å². The van der Waals surface area contributed by atoms with Crippen LogP contribution in [0.4, 0.5) is 10.5 Å². The van der Waals surface area contributed by atoms with Crippen molar-refractivity contribution in [1.82, 2.24) is 15.1 Å². The standard InChI is InChI=1S/C23H36N4O3/c28-20-5-4-11-26(17-20)14-10-24-23(29)25-18-6-8-21(9-7-18)30-22-15-19(16-22)27-12-2-1-3-13-27/h6-9,19-20,22,28H,1-5,10-17H2,(H2,24,25,29). The zero-order valence-electron chi connectivity index (χ0n) is 17.9. The van der Waals surface area contributed by atoms with Crippen LogP contribution >= 0.6 is 0 Å². The molecule has 2 amide bonds. The Morgan fingerprint density at radius 1 is 1.07 bits per heavy atom. The number of β-amino-alcohol motifs (C(OH)–C–C–N with tert-alkyl or cyclic N) is 1. The largest absolute Gasteiger partial charge is 0.490 e. The lowest BCUT2D eigenvalue weighted by atomic mass is 9.86. The fourth-order valence-electron chi connectivity index (χ4n) is 4.76. The number of carbonyl (C=O) groups excluding carboxylic acids is 1. The van der Waals surface area contributed by atoms with Crippen LogP contribution in [0.15, 0.2) is 24.3 Å². The minimum atomic E-state index is -0.233. The van der Waals surface area contributed by atoms with Crippen LogP contribution in [0.3, 0.4) is 0 Å². The van der Waals surface area contributed by atoms with E-state index in [9.17, 15) is 9.90 Å². The predicted octanol–water partition coefficient (Wildman–Crippen LogP) is 2.66. The van der Waals surface area contributed by atoms with Crippen molar-refractivity contribution in [2.45, 2.75) is 63.2 Å². The van der Waals surface area contributed by atoms with E-state index in [0.29, 0.717) is 25.2 Å². The second-order valence-electron chi connectivity index (χ2n) is 8.96. The molecule has 3 fully saturated rings. The summed E-state index contributed by atoms with van der Waals surface area (Å²) in [6.07, 6.45) is 8.27. The molecule has 2 heterocycles. The van der Waals surface area contributed by atoms with E-state index in [4.69, 9.17) is 4.74 Å². The smallest absolute Gasteiger partial charge is 0.319 e. The van der Waals surface area contributed by atoms with E-state index < -0.39 is 0 Å². The number of aliphatic hydroxyl groups is 1. The number of hydrogen-bond donors (Lipinski definition) is 3. The van der Waals surface area contributed by atoms with Crippen LogP contribution < -0.4 is 15.4 Å². The number of rotatable bonds is 7. The highest BCUT2D eigenvalue weighted by Gasteiger charge is 2.35. The van der Waals surface area contributed by atoms with Gasteiger partial charge >= 0.3 is 6.03 Å². The predicted molar refractivity (Wildman–Crippen MR) is 118 cm³/mol. The summed E-state index contributed by atoms with van der Waals surface area (Å²) >= 11 is 0. The highest BCUT2D eigenvalue weighted by atomic mass is 16.5. The average Bonchev–Trinajstić information content (AvgIpc) is 2.72. The van der Waals surface area contributed by atoms with Gasteiger partial charge in [0, 0.05) is 44.2 Å². The number of nitrogens with one attached hydrogen (secondary N) is 2. The third-order valence-electron chi connectivity index (χ3n) is 6.59. The van der Waals surface area contributed by atoms with Gasteiger partial charge < -0.3 is 25.4 Å². The van der Waals surface area contributed by atoms with Gasteiger partial charge in [-0.15, -0.1) is 0 Å². The number of hydrogen-bond acceptors (Lipinski definition) is 5. The van der Waals surface area contributed by atoms with Crippen molar-refractivity contribution in [2.75, 3.05) is 44.6 Å². The van der Waals surface area contributed by atoms with Crippen LogP contribution in [-0.2, 0) is 0 Å². The Morgan fingerprint density at radius 2 is 1.83 bits per heavy atom. The maximum absolute atomic E-state index is 12.1. The Labute approximate surface area is 179 Å². The number of aliphatic hydroxyl groups excluding tert-OH is 1.